The molecular weight excluding hydrogens is 446 g/mol. The van der Waals surface area contributed by atoms with Gasteiger partial charge in [0.1, 0.15) is 11.5 Å². The van der Waals surface area contributed by atoms with E-state index < -0.39 is 76.0 Å². The topological polar surface area (TPSA) is 158 Å². The van der Waals surface area contributed by atoms with E-state index in [0.717, 1.165) is 7.11 Å². The van der Waals surface area contributed by atoms with Crippen molar-refractivity contribution in [1.82, 2.24) is 5.32 Å². The van der Waals surface area contributed by atoms with E-state index in [1.165, 1.54) is 32.9 Å². The molecule has 3 rings (SSSR count). The van der Waals surface area contributed by atoms with E-state index in [4.69, 9.17) is 9.47 Å². The molecule has 0 bridgehead atoms. The predicted octanol–water partition coefficient (Wildman–Crippen LogP) is 0.522. The second kappa shape index (κ2) is 9.03. The van der Waals surface area contributed by atoms with Crippen LogP contribution in [0.3, 0.4) is 0 Å². The number of carbonyl (C=O) groups excluding carboxylic acids is 6. The third-order valence-corrected chi connectivity index (χ3v) is 6.78. The quantitative estimate of drug-likeness (QED) is 0.253. The van der Waals surface area contributed by atoms with Crippen molar-refractivity contribution in [1.29, 1.82) is 0 Å². The molecule has 0 spiro atoms. The Morgan fingerprint density at radius 2 is 1.85 bits per heavy atom. The highest BCUT2D eigenvalue weighted by Gasteiger charge is 2.72. The Bertz CT molecular complexity index is 1050. The van der Waals surface area contributed by atoms with Crippen molar-refractivity contribution >= 4 is 35.2 Å². The summed E-state index contributed by atoms with van der Waals surface area (Å²) in [6.45, 7) is 5.69. The number of azo groups is 1. The SMILES string of the molecule is CC=CC=CC(=O)C1C(=O)C(C)C(=O)C2(C)OC(=O)C(C)(NC(=O)C3N=NCC3C(=O)OC)C12. The van der Waals surface area contributed by atoms with Crippen LogP contribution < -0.4 is 5.32 Å². The molecular formula is C23H27N3O8. The number of hydrogen-bond donors (Lipinski definition) is 1. The van der Waals surface area contributed by atoms with E-state index in [2.05, 4.69) is 15.5 Å². The van der Waals surface area contributed by atoms with Crippen LogP contribution in [0.4, 0.5) is 0 Å². The molecule has 2 heterocycles. The van der Waals surface area contributed by atoms with E-state index >= 15 is 0 Å². The number of carbonyl (C=O) groups is 6. The van der Waals surface area contributed by atoms with Gasteiger partial charge in [0.15, 0.2) is 29.0 Å². The minimum atomic E-state index is -1.93. The van der Waals surface area contributed by atoms with Crippen LogP contribution in [0.25, 0.3) is 0 Å². The molecule has 3 aliphatic rings. The largest absolute Gasteiger partial charge is 0.469 e. The Kier molecular flexibility index (Phi) is 6.68. The van der Waals surface area contributed by atoms with Crippen LogP contribution in [-0.2, 0) is 38.2 Å². The van der Waals surface area contributed by atoms with Gasteiger partial charge in [-0.2, -0.15) is 10.2 Å². The van der Waals surface area contributed by atoms with Crippen LogP contribution >= 0.6 is 0 Å². The number of hydrogen-bond acceptors (Lipinski definition) is 10. The third kappa shape index (κ3) is 3.78. The number of fused-ring (bicyclic) bond motifs is 1. The fourth-order valence-corrected chi connectivity index (χ4v) is 5.01. The van der Waals surface area contributed by atoms with Gasteiger partial charge in [0.2, 0.25) is 5.91 Å². The first-order valence-corrected chi connectivity index (χ1v) is 10.8. The van der Waals surface area contributed by atoms with Crippen LogP contribution in [-0.4, -0.2) is 66.0 Å². The van der Waals surface area contributed by atoms with E-state index in [-0.39, 0.29) is 6.54 Å². The fourth-order valence-electron chi connectivity index (χ4n) is 5.01. The van der Waals surface area contributed by atoms with E-state index in [1.807, 2.05) is 0 Å². The number of amides is 1. The molecule has 2 fully saturated rings. The number of nitrogens with zero attached hydrogens (tertiary/aromatic N) is 2. The van der Waals surface area contributed by atoms with Crippen molar-refractivity contribution in [3.63, 3.8) is 0 Å². The van der Waals surface area contributed by atoms with Crippen molar-refractivity contribution in [2.75, 3.05) is 13.7 Å². The fraction of sp³-hybridized carbons (Fsp3) is 0.565. The maximum absolute atomic E-state index is 13.1. The Balaban J connectivity index is 2.03. The average molecular weight is 473 g/mol. The van der Waals surface area contributed by atoms with Crippen LogP contribution in [0.15, 0.2) is 34.5 Å². The first kappa shape index (κ1) is 25.1. The summed E-state index contributed by atoms with van der Waals surface area (Å²) in [4.78, 5) is 77.6. The smallest absolute Gasteiger partial charge is 0.333 e. The number of esters is 2. The third-order valence-electron chi connectivity index (χ3n) is 6.78. The van der Waals surface area contributed by atoms with Crippen molar-refractivity contribution < 1.29 is 38.2 Å². The first-order valence-electron chi connectivity index (χ1n) is 10.8. The number of methoxy groups -OCH3 is 1. The van der Waals surface area contributed by atoms with Gasteiger partial charge >= 0.3 is 11.9 Å². The lowest BCUT2D eigenvalue weighted by Crippen LogP contribution is -2.66. The number of Topliss-reactive ketones (excluding diaryl/α,β-unsaturated/α-hetero) is 2. The standard InChI is InChI=1S/C23H27N3O8/c1-6-7-8-9-13(27)14-16(28)11(2)18(29)23(4)17(14)22(3,21(32)34-23)25-19(30)15-12(10-24-26-15)20(31)33-5/h6-9,11-12,14-15,17H,10H2,1-5H3,(H,25,30). The molecule has 0 aromatic heterocycles. The molecule has 182 valence electrons. The summed E-state index contributed by atoms with van der Waals surface area (Å²) in [5.74, 6) is -9.34. The maximum atomic E-state index is 13.1. The summed E-state index contributed by atoms with van der Waals surface area (Å²) in [7, 11) is 1.16. The Hall–Kier alpha value is -3.50. The maximum Gasteiger partial charge on any atom is 0.333 e. The molecule has 1 aliphatic carbocycles. The molecule has 0 aromatic carbocycles. The molecule has 34 heavy (non-hydrogen) atoms. The second-order valence-corrected chi connectivity index (χ2v) is 8.93. The molecule has 1 N–H and O–H groups in total. The van der Waals surface area contributed by atoms with Gasteiger partial charge < -0.3 is 14.8 Å². The van der Waals surface area contributed by atoms with Gasteiger partial charge in [-0.3, -0.25) is 24.0 Å². The molecule has 0 aromatic rings. The van der Waals surface area contributed by atoms with E-state index in [1.54, 1.807) is 19.1 Å². The lowest BCUT2D eigenvalue weighted by molar-refractivity contribution is -0.168. The van der Waals surface area contributed by atoms with Crippen molar-refractivity contribution in [2.24, 2.45) is 33.9 Å². The lowest BCUT2D eigenvalue weighted by atomic mass is 9.58. The minimum absolute atomic E-state index is 0.0710. The molecule has 11 nitrogen and oxygen atoms in total. The summed E-state index contributed by atoms with van der Waals surface area (Å²) >= 11 is 0. The van der Waals surface area contributed by atoms with Gasteiger partial charge in [0, 0.05) is 0 Å². The summed E-state index contributed by atoms with van der Waals surface area (Å²) in [5.41, 5.74) is -3.75. The zero-order valence-corrected chi connectivity index (χ0v) is 19.6. The van der Waals surface area contributed by atoms with Crippen molar-refractivity contribution in [3.05, 3.63) is 24.3 Å². The molecule has 7 atom stereocenters. The van der Waals surface area contributed by atoms with E-state index in [9.17, 15) is 28.8 Å². The number of ether oxygens (including phenoxy) is 2. The zero-order valence-electron chi connectivity index (χ0n) is 19.6. The Labute approximate surface area is 196 Å². The summed E-state index contributed by atoms with van der Waals surface area (Å²) in [5, 5.41) is 10.0. The van der Waals surface area contributed by atoms with Crippen molar-refractivity contribution in [3.8, 4) is 0 Å². The summed E-state index contributed by atoms with van der Waals surface area (Å²) in [6, 6.07) is -1.28. The van der Waals surface area contributed by atoms with Gasteiger partial charge in [-0.05, 0) is 33.8 Å². The Morgan fingerprint density at radius 1 is 1.18 bits per heavy atom. The van der Waals surface area contributed by atoms with Gasteiger partial charge in [0.25, 0.3) is 0 Å². The number of ketones is 3. The van der Waals surface area contributed by atoms with Crippen LogP contribution in [0.5, 0.6) is 0 Å². The van der Waals surface area contributed by atoms with E-state index in [0.29, 0.717) is 0 Å². The molecule has 11 heteroatoms. The number of nitrogens with one attached hydrogen (secondary N) is 1. The predicted molar refractivity (Wildman–Crippen MR) is 115 cm³/mol. The first-order chi connectivity index (χ1) is 15.9. The lowest BCUT2D eigenvalue weighted by Gasteiger charge is -2.43. The molecule has 7 unspecified atom stereocenters. The zero-order chi connectivity index (χ0) is 25.4. The van der Waals surface area contributed by atoms with Crippen molar-refractivity contribution in [2.45, 2.75) is 44.9 Å². The monoisotopic (exact) mass is 473 g/mol. The molecule has 1 saturated carbocycles. The van der Waals surface area contributed by atoms with Crippen LogP contribution in [0, 0.1) is 23.7 Å². The number of allylic oxidation sites excluding steroid dienone is 4. The van der Waals surface area contributed by atoms with Gasteiger partial charge in [-0.25, -0.2) is 4.79 Å². The summed E-state index contributed by atoms with van der Waals surface area (Å²) in [6.07, 6.45) is 5.91. The normalized spacial score (nSPS) is 37.2. The molecule has 1 amide bonds. The minimum Gasteiger partial charge on any atom is -0.469 e. The second-order valence-electron chi connectivity index (χ2n) is 8.93. The van der Waals surface area contributed by atoms with Gasteiger partial charge in [-0.15, -0.1) is 0 Å². The summed E-state index contributed by atoms with van der Waals surface area (Å²) < 4.78 is 10.2. The average Bonchev–Trinajstić information content (AvgIpc) is 3.36. The van der Waals surface area contributed by atoms with Crippen LogP contribution in [0.2, 0.25) is 0 Å². The molecule has 2 aliphatic heterocycles. The molecule has 0 radical (unpaired) electrons. The molecule has 1 saturated heterocycles. The van der Waals surface area contributed by atoms with Gasteiger partial charge in [-0.1, -0.05) is 18.2 Å². The number of rotatable bonds is 6. The highest BCUT2D eigenvalue weighted by molar-refractivity contribution is 6.20. The highest BCUT2D eigenvalue weighted by Crippen LogP contribution is 2.50. The van der Waals surface area contributed by atoms with Crippen LogP contribution in [0.1, 0.15) is 27.7 Å². The van der Waals surface area contributed by atoms with Gasteiger partial charge in [0.05, 0.1) is 31.4 Å². The highest BCUT2D eigenvalue weighted by atomic mass is 16.6. The Morgan fingerprint density at radius 3 is 2.47 bits per heavy atom.